The topological polar surface area (TPSA) is 82.8 Å². The third-order valence-electron chi connectivity index (χ3n) is 4.47. The minimum absolute atomic E-state index is 0.463. The molecule has 1 fully saturated rings. The van der Waals surface area contributed by atoms with Crippen LogP contribution in [0.2, 0.25) is 0 Å². The van der Waals surface area contributed by atoms with E-state index in [0.29, 0.717) is 11.7 Å². The highest BCUT2D eigenvalue weighted by Gasteiger charge is 2.37. The molecule has 2 aromatic heterocycles. The van der Waals surface area contributed by atoms with E-state index in [2.05, 4.69) is 22.0 Å². The minimum atomic E-state index is -0.463. The lowest BCUT2D eigenvalue weighted by Gasteiger charge is -2.33. The number of hydrogen-bond acceptors (Lipinski definition) is 5. The molecule has 0 spiro atoms. The molecule has 108 valence electrons. The summed E-state index contributed by atoms with van der Waals surface area (Å²) in [6.45, 7) is 2.24. The Balaban J connectivity index is 1.82. The van der Waals surface area contributed by atoms with Gasteiger partial charge in [0.05, 0.1) is 18.1 Å². The zero-order valence-corrected chi connectivity index (χ0v) is 12.0. The molecule has 3 rings (SSSR count). The van der Waals surface area contributed by atoms with Crippen LogP contribution in [0.25, 0.3) is 11.5 Å². The molecule has 1 aliphatic rings. The van der Waals surface area contributed by atoms with E-state index in [-0.39, 0.29) is 0 Å². The summed E-state index contributed by atoms with van der Waals surface area (Å²) in [7, 11) is 1.91. The van der Waals surface area contributed by atoms with Gasteiger partial charge in [0.1, 0.15) is 5.69 Å². The summed E-state index contributed by atoms with van der Waals surface area (Å²) in [5, 5.41) is 4.05. The number of nitrogens with zero attached hydrogens (tertiary/aromatic N) is 4. The fourth-order valence-electron chi connectivity index (χ4n) is 2.92. The van der Waals surface area contributed by atoms with E-state index >= 15 is 0 Å². The summed E-state index contributed by atoms with van der Waals surface area (Å²) in [4.78, 5) is 8.56. The van der Waals surface area contributed by atoms with Gasteiger partial charge < -0.3 is 14.8 Å². The van der Waals surface area contributed by atoms with Crippen molar-refractivity contribution >= 4 is 0 Å². The molecule has 6 heteroatoms. The first-order valence-corrected chi connectivity index (χ1v) is 7.22. The average molecular weight is 275 g/mol. The lowest BCUT2D eigenvalue weighted by atomic mass is 9.76. The predicted molar refractivity (Wildman–Crippen MR) is 74.6 cm³/mol. The molecule has 0 bridgehead atoms. The molecule has 6 nitrogen and oxygen atoms in total. The van der Waals surface area contributed by atoms with Crippen molar-refractivity contribution < 1.29 is 4.52 Å². The number of aromatic nitrogens is 4. The van der Waals surface area contributed by atoms with Gasteiger partial charge in [-0.2, -0.15) is 4.98 Å². The highest BCUT2D eigenvalue weighted by Crippen LogP contribution is 2.38. The first-order valence-electron chi connectivity index (χ1n) is 7.22. The maximum atomic E-state index is 6.48. The highest BCUT2D eigenvalue weighted by molar-refractivity contribution is 5.47. The van der Waals surface area contributed by atoms with Gasteiger partial charge in [0.15, 0.2) is 0 Å². The normalized spacial score (nSPS) is 26.9. The molecule has 2 N–H and O–H groups in total. The fourth-order valence-corrected chi connectivity index (χ4v) is 2.92. The summed E-state index contributed by atoms with van der Waals surface area (Å²) < 4.78 is 7.29. The van der Waals surface area contributed by atoms with Crippen molar-refractivity contribution in [1.29, 1.82) is 0 Å². The van der Waals surface area contributed by atoms with E-state index in [1.165, 1.54) is 6.42 Å². The van der Waals surface area contributed by atoms with Gasteiger partial charge in [-0.25, -0.2) is 4.98 Å². The van der Waals surface area contributed by atoms with Crippen LogP contribution in [0, 0.1) is 5.92 Å². The summed E-state index contributed by atoms with van der Waals surface area (Å²) in [6.07, 6.45) is 8.77. The summed E-state index contributed by atoms with van der Waals surface area (Å²) in [6, 6.07) is 0. The van der Waals surface area contributed by atoms with Crippen molar-refractivity contribution in [3.63, 3.8) is 0 Å². The minimum Gasteiger partial charge on any atom is -0.337 e. The fraction of sp³-hybridized carbons (Fsp3) is 0.643. The van der Waals surface area contributed by atoms with Gasteiger partial charge in [-0.15, -0.1) is 0 Å². The van der Waals surface area contributed by atoms with Gasteiger partial charge in [-0.1, -0.05) is 18.5 Å². The SMILES string of the molecule is CCC1CCC(N)(c2nc(-c3cncn3C)no2)CC1. The van der Waals surface area contributed by atoms with Gasteiger partial charge in [0.25, 0.3) is 0 Å². The van der Waals surface area contributed by atoms with Gasteiger partial charge in [0, 0.05) is 7.05 Å². The predicted octanol–water partition coefficient (Wildman–Crippen LogP) is 2.22. The van der Waals surface area contributed by atoms with Crippen molar-refractivity contribution in [2.24, 2.45) is 18.7 Å². The van der Waals surface area contributed by atoms with E-state index in [1.807, 2.05) is 11.6 Å². The first kappa shape index (κ1) is 13.3. The highest BCUT2D eigenvalue weighted by atomic mass is 16.5. The lowest BCUT2D eigenvalue weighted by Crippen LogP contribution is -2.40. The zero-order valence-electron chi connectivity index (χ0n) is 12.0. The number of aryl methyl sites for hydroxylation is 1. The standard InChI is InChI=1S/C14H21N5O/c1-3-10-4-6-14(15,7-5-10)13-17-12(18-20-13)11-8-16-9-19(11)2/h8-10H,3-7,15H2,1-2H3. The van der Waals surface area contributed by atoms with Crippen LogP contribution in [-0.4, -0.2) is 19.7 Å². The molecule has 2 aromatic rings. The van der Waals surface area contributed by atoms with E-state index in [4.69, 9.17) is 10.3 Å². The number of nitrogens with two attached hydrogens (primary N) is 1. The van der Waals surface area contributed by atoms with Gasteiger partial charge >= 0.3 is 0 Å². The van der Waals surface area contributed by atoms with Crippen molar-refractivity contribution in [1.82, 2.24) is 19.7 Å². The van der Waals surface area contributed by atoms with Crippen LogP contribution in [-0.2, 0) is 12.6 Å². The largest absolute Gasteiger partial charge is 0.337 e. The molecule has 0 aromatic carbocycles. The molecule has 0 saturated heterocycles. The van der Waals surface area contributed by atoms with Crippen molar-refractivity contribution in [3.05, 3.63) is 18.4 Å². The molecule has 0 amide bonds. The Kier molecular flexibility index (Phi) is 3.33. The zero-order chi connectivity index (χ0) is 14.2. The lowest BCUT2D eigenvalue weighted by molar-refractivity contribution is 0.181. The van der Waals surface area contributed by atoms with Crippen LogP contribution in [0.4, 0.5) is 0 Å². The first-order chi connectivity index (χ1) is 9.62. The Bertz CT molecular complexity index is 580. The van der Waals surface area contributed by atoms with Gasteiger partial charge in [-0.3, -0.25) is 0 Å². The molecule has 0 aliphatic heterocycles. The van der Waals surface area contributed by atoms with Gasteiger partial charge in [-0.05, 0) is 31.6 Å². The molecule has 2 heterocycles. The van der Waals surface area contributed by atoms with E-state index in [9.17, 15) is 0 Å². The van der Waals surface area contributed by atoms with E-state index < -0.39 is 5.54 Å². The number of hydrogen-bond donors (Lipinski definition) is 1. The molecular weight excluding hydrogens is 254 g/mol. The third kappa shape index (κ3) is 2.24. The summed E-state index contributed by atoms with van der Waals surface area (Å²) in [5.74, 6) is 1.90. The van der Waals surface area contributed by atoms with E-state index in [1.54, 1.807) is 12.5 Å². The Hall–Kier alpha value is -1.69. The Morgan fingerprint density at radius 1 is 1.45 bits per heavy atom. The van der Waals surface area contributed by atoms with Crippen molar-refractivity contribution in [2.45, 2.75) is 44.6 Å². The second kappa shape index (κ2) is 5.01. The van der Waals surface area contributed by atoms with Crippen LogP contribution >= 0.6 is 0 Å². The molecule has 1 aliphatic carbocycles. The number of imidazole rings is 1. The van der Waals surface area contributed by atoms with Crippen LogP contribution in [0.15, 0.2) is 17.0 Å². The van der Waals surface area contributed by atoms with Crippen LogP contribution < -0.4 is 5.73 Å². The average Bonchev–Trinajstić information content (AvgIpc) is 3.08. The Morgan fingerprint density at radius 3 is 2.80 bits per heavy atom. The second-order valence-electron chi connectivity index (χ2n) is 5.82. The molecule has 20 heavy (non-hydrogen) atoms. The van der Waals surface area contributed by atoms with Gasteiger partial charge in [0.2, 0.25) is 11.7 Å². The van der Waals surface area contributed by atoms with Crippen molar-refractivity contribution in [2.75, 3.05) is 0 Å². The molecule has 0 atom stereocenters. The molecule has 0 radical (unpaired) electrons. The molecule has 0 unspecified atom stereocenters. The van der Waals surface area contributed by atoms with Crippen LogP contribution in [0.5, 0.6) is 0 Å². The molecule has 1 saturated carbocycles. The maximum absolute atomic E-state index is 6.48. The monoisotopic (exact) mass is 275 g/mol. The van der Waals surface area contributed by atoms with E-state index in [0.717, 1.165) is 37.3 Å². The van der Waals surface area contributed by atoms with Crippen LogP contribution in [0.3, 0.4) is 0 Å². The number of rotatable bonds is 3. The third-order valence-corrected chi connectivity index (χ3v) is 4.47. The van der Waals surface area contributed by atoms with Crippen LogP contribution in [0.1, 0.15) is 44.9 Å². The Morgan fingerprint density at radius 2 is 2.20 bits per heavy atom. The maximum Gasteiger partial charge on any atom is 0.247 e. The Labute approximate surface area is 118 Å². The summed E-state index contributed by atoms with van der Waals surface area (Å²) in [5.41, 5.74) is 6.86. The molecular formula is C14H21N5O. The summed E-state index contributed by atoms with van der Waals surface area (Å²) >= 11 is 0. The quantitative estimate of drug-likeness (QED) is 0.928. The smallest absolute Gasteiger partial charge is 0.247 e. The van der Waals surface area contributed by atoms with Crippen molar-refractivity contribution in [3.8, 4) is 11.5 Å². The second-order valence-corrected chi connectivity index (χ2v) is 5.82.